The Kier molecular flexibility index (Phi) is 6.03. The lowest BCUT2D eigenvalue weighted by atomic mass is 9.45. The highest BCUT2D eigenvalue weighted by Gasteiger charge is 2.61. The molecule has 2 N–H and O–H groups in total. The number of aliphatic hydroxyl groups excluding tert-OH is 2. The number of rotatable bonds is 5. The van der Waals surface area contributed by atoms with Gasteiger partial charge in [-0.05, 0) is 104 Å². The number of fused-ring (bicyclic) bond motifs is 5. The Morgan fingerprint density at radius 2 is 1.80 bits per heavy atom. The van der Waals surface area contributed by atoms with Crippen molar-refractivity contribution >= 4 is 5.78 Å². The van der Waals surface area contributed by atoms with Crippen LogP contribution >= 0.6 is 0 Å². The predicted molar refractivity (Wildman–Crippen MR) is 121 cm³/mol. The second kappa shape index (κ2) is 8.03. The highest BCUT2D eigenvalue weighted by molar-refractivity contribution is 5.91. The number of ketones is 1. The van der Waals surface area contributed by atoms with E-state index in [1.54, 1.807) is 0 Å². The molecule has 0 aromatic rings. The van der Waals surface area contributed by atoms with Crippen LogP contribution in [0.15, 0.2) is 11.6 Å². The summed E-state index contributed by atoms with van der Waals surface area (Å²) in [5.41, 5.74) is 1.66. The van der Waals surface area contributed by atoms with Crippen LogP contribution in [0.5, 0.6) is 0 Å². The van der Waals surface area contributed by atoms with Gasteiger partial charge >= 0.3 is 0 Å². The number of aliphatic hydroxyl groups is 2. The van der Waals surface area contributed by atoms with E-state index in [1.165, 1.54) is 31.3 Å². The molecule has 3 fully saturated rings. The molecule has 0 aromatic heterocycles. The van der Waals surface area contributed by atoms with Crippen LogP contribution in [0.4, 0.5) is 0 Å². The third kappa shape index (κ3) is 3.52. The van der Waals surface area contributed by atoms with Crippen LogP contribution in [0.3, 0.4) is 0 Å². The van der Waals surface area contributed by atoms with E-state index in [4.69, 9.17) is 0 Å². The molecule has 3 saturated carbocycles. The maximum Gasteiger partial charge on any atom is 0.155 e. The van der Waals surface area contributed by atoms with Crippen molar-refractivity contribution in [2.24, 2.45) is 46.3 Å². The van der Waals surface area contributed by atoms with Crippen molar-refractivity contribution in [1.82, 2.24) is 0 Å². The first-order valence-corrected chi connectivity index (χ1v) is 12.7. The van der Waals surface area contributed by atoms with E-state index in [2.05, 4.69) is 34.6 Å². The average molecular weight is 417 g/mol. The van der Waals surface area contributed by atoms with Gasteiger partial charge in [-0.2, -0.15) is 0 Å². The van der Waals surface area contributed by atoms with Crippen molar-refractivity contribution in [1.29, 1.82) is 0 Å². The standard InChI is InChI=1S/C27H44O3/c1-16(2)23(29)9-6-17(3)20-7-8-21-25-22(11-13-27(20,21)5)26(4)12-10-19(28)14-18(26)15-24(25)30/h14,16-17,20-25,29-30H,6-13,15H2,1-5H3/t17-,20-,21+,22+,23?,24-,25+,26+,27-/m1/s1. The van der Waals surface area contributed by atoms with Gasteiger partial charge < -0.3 is 10.2 Å². The van der Waals surface area contributed by atoms with Gasteiger partial charge in [0.25, 0.3) is 0 Å². The van der Waals surface area contributed by atoms with Gasteiger partial charge in [-0.1, -0.05) is 40.2 Å². The fraction of sp³-hybridized carbons (Fsp3) is 0.889. The molecule has 170 valence electrons. The van der Waals surface area contributed by atoms with E-state index in [0.29, 0.717) is 53.8 Å². The molecule has 0 heterocycles. The lowest BCUT2D eigenvalue weighted by Crippen LogP contribution is -2.55. The fourth-order valence-corrected chi connectivity index (χ4v) is 8.47. The zero-order valence-corrected chi connectivity index (χ0v) is 19.9. The quantitative estimate of drug-likeness (QED) is 0.619. The Labute approximate surface area is 183 Å². The smallest absolute Gasteiger partial charge is 0.155 e. The Morgan fingerprint density at radius 3 is 2.50 bits per heavy atom. The molecule has 9 atom stereocenters. The summed E-state index contributed by atoms with van der Waals surface area (Å²) in [7, 11) is 0. The molecule has 0 bridgehead atoms. The molecule has 1 unspecified atom stereocenters. The zero-order chi connectivity index (χ0) is 21.8. The summed E-state index contributed by atoms with van der Waals surface area (Å²) < 4.78 is 0. The number of hydrogen-bond donors (Lipinski definition) is 2. The summed E-state index contributed by atoms with van der Waals surface area (Å²) >= 11 is 0. The molecule has 4 aliphatic carbocycles. The van der Waals surface area contributed by atoms with Crippen molar-refractivity contribution in [3.05, 3.63) is 11.6 Å². The van der Waals surface area contributed by atoms with Gasteiger partial charge in [0.05, 0.1) is 12.2 Å². The van der Waals surface area contributed by atoms with Crippen molar-refractivity contribution in [2.75, 3.05) is 0 Å². The average Bonchev–Trinajstić information content (AvgIpc) is 3.04. The van der Waals surface area contributed by atoms with E-state index in [-0.39, 0.29) is 23.4 Å². The SMILES string of the molecule is CC(C)C(O)CC[C@@H](C)[C@H]1CC[C@H]2[C@@H]3[C@H](O)CC4=CC(=O)CC[C@]4(C)[C@H]3CC[C@]12C. The van der Waals surface area contributed by atoms with Crippen molar-refractivity contribution < 1.29 is 15.0 Å². The monoisotopic (exact) mass is 416 g/mol. The summed E-state index contributed by atoms with van der Waals surface area (Å²) in [6.07, 6.45) is 10.7. The first kappa shape index (κ1) is 22.5. The summed E-state index contributed by atoms with van der Waals surface area (Å²) in [6.45, 7) is 11.5. The lowest BCUT2D eigenvalue weighted by Gasteiger charge is -2.60. The largest absolute Gasteiger partial charge is 0.393 e. The maximum absolute atomic E-state index is 12.1. The van der Waals surface area contributed by atoms with Gasteiger partial charge in [0.1, 0.15) is 0 Å². The van der Waals surface area contributed by atoms with Crippen LogP contribution in [-0.4, -0.2) is 28.2 Å². The molecule has 0 amide bonds. The van der Waals surface area contributed by atoms with E-state index in [1.807, 2.05) is 6.08 Å². The van der Waals surface area contributed by atoms with Crippen LogP contribution in [0.25, 0.3) is 0 Å². The van der Waals surface area contributed by atoms with E-state index in [0.717, 1.165) is 19.3 Å². The summed E-state index contributed by atoms with van der Waals surface area (Å²) in [5.74, 6) is 3.43. The van der Waals surface area contributed by atoms with Gasteiger partial charge in [0.2, 0.25) is 0 Å². The van der Waals surface area contributed by atoms with Crippen LogP contribution in [0, 0.1) is 46.3 Å². The summed E-state index contributed by atoms with van der Waals surface area (Å²) in [5, 5.41) is 21.6. The van der Waals surface area contributed by atoms with Crippen LogP contribution in [-0.2, 0) is 4.79 Å². The normalized spacial score (nSPS) is 45.4. The van der Waals surface area contributed by atoms with Crippen LogP contribution in [0.1, 0.15) is 92.4 Å². The third-order valence-corrected chi connectivity index (χ3v) is 10.4. The lowest BCUT2D eigenvalue weighted by molar-refractivity contribution is -0.124. The maximum atomic E-state index is 12.1. The van der Waals surface area contributed by atoms with Crippen LogP contribution in [0.2, 0.25) is 0 Å². The van der Waals surface area contributed by atoms with Gasteiger partial charge in [-0.15, -0.1) is 0 Å². The predicted octanol–water partition coefficient (Wildman–Crippen LogP) is 5.54. The van der Waals surface area contributed by atoms with Crippen LogP contribution < -0.4 is 0 Å². The molecule has 3 nitrogen and oxygen atoms in total. The zero-order valence-electron chi connectivity index (χ0n) is 19.9. The Bertz CT molecular complexity index is 696. The highest BCUT2D eigenvalue weighted by atomic mass is 16.3. The van der Waals surface area contributed by atoms with Gasteiger partial charge in [-0.25, -0.2) is 0 Å². The fourth-order valence-electron chi connectivity index (χ4n) is 8.47. The molecule has 30 heavy (non-hydrogen) atoms. The van der Waals surface area contributed by atoms with Crippen molar-refractivity contribution in [2.45, 2.75) is 105 Å². The molecule has 0 saturated heterocycles. The first-order valence-electron chi connectivity index (χ1n) is 12.7. The number of carbonyl (C=O) groups excluding carboxylic acids is 1. The molecule has 4 rings (SSSR count). The molecule has 0 spiro atoms. The molecule has 4 aliphatic rings. The minimum atomic E-state index is -0.290. The summed E-state index contributed by atoms with van der Waals surface area (Å²) in [6, 6.07) is 0. The van der Waals surface area contributed by atoms with E-state index < -0.39 is 0 Å². The third-order valence-electron chi connectivity index (χ3n) is 10.4. The van der Waals surface area contributed by atoms with Gasteiger partial charge in [0, 0.05) is 6.42 Å². The van der Waals surface area contributed by atoms with E-state index in [9.17, 15) is 15.0 Å². The minimum absolute atomic E-state index is 0.115. The molecular formula is C27H44O3. The Hall–Kier alpha value is -0.670. The molecule has 0 aromatic carbocycles. The Morgan fingerprint density at radius 1 is 1.07 bits per heavy atom. The topological polar surface area (TPSA) is 57.5 Å². The molecular weight excluding hydrogens is 372 g/mol. The Balaban J connectivity index is 1.53. The minimum Gasteiger partial charge on any atom is -0.393 e. The number of carbonyl (C=O) groups is 1. The van der Waals surface area contributed by atoms with Gasteiger partial charge in [-0.3, -0.25) is 4.79 Å². The van der Waals surface area contributed by atoms with Gasteiger partial charge in [0.15, 0.2) is 5.78 Å². The second-order valence-electron chi connectivity index (χ2n) is 12.2. The number of hydrogen-bond acceptors (Lipinski definition) is 3. The highest BCUT2D eigenvalue weighted by Crippen LogP contribution is 2.67. The summed E-state index contributed by atoms with van der Waals surface area (Å²) in [4.78, 5) is 12.1. The first-order chi connectivity index (χ1) is 14.1. The van der Waals surface area contributed by atoms with Crippen molar-refractivity contribution in [3.8, 4) is 0 Å². The molecule has 0 radical (unpaired) electrons. The molecule has 0 aliphatic heterocycles. The second-order valence-corrected chi connectivity index (χ2v) is 12.2. The van der Waals surface area contributed by atoms with E-state index >= 15 is 0 Å². The van der Waals surface area contributed by atoms with Crippen molar-refractivity contribution in [3.63, 3.8) is 0 Å². The molecule has 3 heteroatoms.